The molecule has 0 aromatic carbocycles. The second kappa shape index (κ2) is 10.3. The third-order valence-corrected chi connectivity index (χ3v) is 4.41. The van der Waals surface area contributed by atoms with E-state index >= 15 is 0 Å². The molecule has 1 saturated heterocycles. The van der Waals surface area contributed by atoms with Crippen LogP contribution in [0, 0.1) is 5.92 Å². The van der Waals surface area contributed by atoms with Crippen molar-refractivity contribution in [3.8, 4) is 0 Å². The molecule has 1 heterocycles. The number of carbonyl (C=O) groups excluding carboxylic acids is 2. The van der Waals surface area contributed by atoms with Gasteiger partial charge in [0.15, 0.2) is 0 Å². The highest BCUT2D eigenvalue weighted by Crippen LogP contribution is 2.19. The van der Waals surface area contributed by atoms with Gasteiger partial charge in [-0.2, -0.15) is 0 Å². The summed E-state index contributed by atoms with van der Waals surface area (Å²) in [4.78, 5) is 28.4. The van der Waals surface area contributed by atoms with Crippen molar-refractivity contribution in [1.82, 2.24) is 20.4 Å². The zero-order valence-corrected chi connectivity index (χ0v) is 15.8. The first-order valence-corrected chi connectivity index (χ1v) is 8.00. The molecule has 2 atom stereocenters. The van der Waals surface area contributed by atoms with Crippen LogP contribution in [0.3, 0.4) is 0 Å². The monoisotopic (exact) mass is 368 g/mol. The SMILES string of the molecule is CNCC(C)C(=O)N1CCN(C(C)C(=O)NC2CC2)CC1.Cl.Cl. The topological polar surface area (TPSA) is 64.7 Å². The van der Waals surface area contributed by atoms with Gasteiger partial charge in [-0.15, -0.1) is 24.8 Å². The van der Waals surface area contributed by atoms with Crippen LogP contribution >= 0.6 is 24.8 Å². The van der Waals surface area contributed by atoms with Crippen LogP contribution in [-0.2, 0) is 9.59 Å². The van der Waals surface area contributed by atoms with Crippen LogP contribution in [0.1, 0.15) is 26.7 Å². The largest absolute Gasteiger partial charge is 0.352 e. The number of nitrogens with zero attached hydrogens (tertiary/aromatic N) is 2. The third kappa shape index (κ3) is 6.45. The minimum absolute atomic E-state index is 0. The molecular formula is C15H30Cl2N4O2. The number of nitrogens with one attached hydrogen (secondary N) is 2. The molecule has 6 nitrogen and oxygen atoms in total. The standard InChI is InChI=1S/C15H28N4O2.2ClH/c1-11(10-16-3)15(21)19-8-6-18(7-9-19)12(2)14(20)17-13-4-5-13;;/h11-13,16H,4-10H2,1-3H3,(H,17,20);2*1H. The van der Waals surface area contributed by atoms with Crippen molar-refractivity contribution in [1.29, 1.82) is 0 Å². The summed E-state index contributed by atoms with van der Waals surface area (Å²) in [6.45, 7) is 7.60. The average Bonchev–Trinajstić information content (AvgIpc) is 3.30. The third-order valence-electron chi connectivity index (χ3n) is 4.41. The number of hydrogen-bond acceptors (Lipinski definition) is 4. The van der Waals surface area contributed by atoms with Gasteiger partial charge in [-0.25, -0.2) is 0 Å². The minimum Gasteiger partial charge on any atom is -0.352 e. The fraction of sp³-hybridized carbons (Fsp3) is 0.867. The van der Waals surface area contributed by atoms with E-state index in [0.717, 1.165) is 25.9 Å². The molecule has 0 aromatic rings. The Morgan fingerprint density at radius 1 is 1.09 bits per heavy atom. The van der Waals surface area contributed by atoms with Gasteiger partial charge in [0.05, 0.1) is 6.04 Å². The number of carbonyl (C=O) groups is 2. The molecule has 2 unspecified atom stereocenters. The maximum atomic E-state index is 12.2. The van der Waals surface area contributed by atoms with E-state index in [2.05, 4.69) is 15.5 Å². The molecule has 0 aromatic heterocycles. The molecular weight excluding hydrogens is 339 g/mol. The van der Waals surface area contributed by atoms with Crippen LogP contribution in [0.4, 0.5) is 0 Å². The Kier molecular flexibility index (Phi) is 10.1. The average molecular weight is 369 g/mol. The zero-order valence-electron chi connectivity index (χ0n) is 14.2. The number of hydrogen-bond donors (Lipinski definition) is 2. The first-order valence-electron chi connectivity index (χ1n) is 8.00. The van der Waals surface area contributed by atoms with E-state index in [0.29, 0.717) is 25.7 Å². The Balaban J connectivity index is 0.00000242. The highest BCUT2D eigenvalue weighted by atomic mass is 35.5. The van der Waals surface area contributed by atoms with Crippen molar-refractivity contribution in [2.75, 3.05) is 39.8 Å². The van der Waals surface area contributed by atoms with Crippen molar-refractivity contribution in [2.24, 2.45) is 5.92 Å². The molecule has 0 spiro atoms. The Bertz CT molecular complexity index is 386. The highest BCUT2D eigenvalue weighted by molar-refractivity contribution is 5.85. The Morgan fingerprint density at radius 3 is 2.13 bits per heavy atom. The molecule has 1 saturated carbocycles. The van der Waals surface area contributed by atoms with Gasteiger partial charge in [0.1, 0.15) is 0 Å². The predicted octanol–water partition coefficient (Wildman–Crippen LogP) is 0.497. The van der Waals surface area contributed by atoms with Gasteiger partial charge < -0.3 is 15.5 Å². The molecule has 2 fully saturated rings. The number of halogens is 2. The summed E-state index contributed by atoms with van der Waals surface area (Å²) in [7, 11) is 1.86. The fourth-order valence-electron chi connectivity index (χ4n) is 2.75. The Hall–Kier alpha value is -0.560. The fourth-order valence-corrected chi connectivity index (χ4v) is 2.75. The molecule has 8 heteroatoms. The van der Waals surface area contributed by atoms with E-state index < -0.39 is 0 Å². The van der Waals surface area contributed by atoms with Gasteiger partial charge >= 0.3 is 0 Å². The van der Waals surface area contributed by atoms with E-state index in [9.17, 15) is 9.59 Å². The van der Waals surface area contributed by atoms with E-state index in [1.165, 1.54) is 0 Å². The van der Waals surface area contributed by atoms with E-state index in [1.807, 2.05) is 25.8 Å². The summed E-state index contributed by atoms with van der Waals surface area (Å²) in [5.74, 6) is 0.344. The van der Waals surface area contributed by atoms with Crippen LogP contribution in [-0.4, -0.2) is 73.5 Å². The van der Waals surface area contributed by atoms with Crippen molar-refractivity contribution >= 4 is 36.6 Å². The van der Waals surface area contributed by atoms with Crippen LogP contribution < -0.4 is 10.6 Å². The summed E-state index contributed by atoms with van der Waals surface area (Å²) in [6.07, 6.45) is 2.23. The van der Waals surface area contributed by atoms with E-state index in [4.69, 9.17) is 0 Å². The number of amides is 2. The minimum atomic E-state index is -0.0995. The molecule has 2 amide bonds. The van der Waals surface area contributed by atoms with Crippen LogP contribution in [0.2, 0.25) is 0 Å². The predicted molar refractivity (Wildman–Crippen MR) is 96.4 cm³/mol. The van der Waals surface area contributed by atoms with Crippen LogP contribution in [0.15, 0.2) is 0 Å². The van der Waals surface area contributed by atoms with Gasteiger partial charge in [0, 0.05) is 44.7 Å². The molecule has 23 heavy (non-hydrogen) atoms. The van der Waals surface area contributed by atoms with Gasteiger partial charge in [0.25, 0.3) is 0 Å². The summed E-state index contributed by atoms with van der Waals surface area (Å²) >= 11 is 0. The first-order chi connectivity index (χ1) is 10.0. The lowest BCUT2D eigenvalue weighted by molar-refractivity contribution is -0.137. The number of rotatable bonds is 6. The van der Waals surface area contributed by atoms with Gasteiger partial charge in [-0.1, -0.05) is 6.92 Å². The second-order valence-electron chi connectivity index (χ2n) is 6.28. The molecule has 136 valence electrons. The maximum Gasteiger partial charge on any atom is 0.237 e. The normalized spacial score (nSPS) is 20.7. The molecule has 2 rings (SSSR count). The second-order valence-corrected chi connectivity index (χ2v) is 6.28. The van der Waals surface area contributed by atoms with Crippen molar-refractivity contribution in [3.63, 3.8) is 0 Å². The zero-order chi connectivity index (χ0) is 15.4. The van der Waals surface area contributed by atoms with E-state index in [-0.39, 0.29) is 48.6 Å². The summed E-state index contributed by atoms with van der Waals surface area (Å²) in [5.41, 5.74) is 0. The first kappa shape index (κ1) is 22.4. The highest BCUT2D eigenvalue weighted by Gasteiger charge is 2.31. The lowest BCUT2D eigenvalue weighted by Gasteiger charge is -2.38. The van der Waals surface area contributed by atoms with Gasteiger partial charge in [-0.05, 0) is 26.8 Å². The van der Waals surface area contributed by atoms with Gasteiger partial charge in [0.2, 0.25) is 11.8 Å². The smallest absolute Gasteiger partial charge is 0.237 e. The van der Waals surface area contributed by atoms with Crippen molar-refractivity contribution in [3.05, 3.63) is 0 Å². The molecule has 2 N–H and O–H groups in total. The quantitative estimate of drug-likeness (QED) is 0.716. The van der Waals surface area contributed by atoms with Crippen LogP contribution in [0.25, 0.3) is 0 Å². The maximum absolute atomic E-state index is 12.2. The summed E-state index contributed by atoms with van der Waals surface area (Å²) in [6, 6.07) is 0.308. The summed E-state index contributed by atoms with van der Waals surface area (Å²) < 4.78 is 0. The van der Waals surface area contributed by atoms with Gasteiger partial charge in [-0.3, -0.25) is 14.5 Å². The number of piperazine rings is 1. The van der Waals surface area contributed by atoms with Crippen molar-refractivity contribution in [2.45, 2.75) is 38.8 Å². The summed E-state index contributed by atoms with van der Waals surface area (Å²) in [5, 5.41) is 6.09. The van der Waals surface area contributed by atoms with Crippen molar-refractivity contribution < 1.29 is 9.59 Å². The Labute approximate surface area is 151 Å². The molecule has 0 radical (unpaired) electrons. The molecule has 0 bridgehead atoms. The lowest BCUT2D eigenvalue weighted by atomic mass is 10.1. The Morgan fingerprint density at radius 2 is 1.65 bits per heavy atom. The lowest BCUT2D eigenvalue weighted by Crippen LogP contribution is -2.56. The molecule has 1 aliphatic carbocycles. The molecule has 2 aliphatic rings. The molecule has 1 aliphatic heterocycles. The van der Waals surface area contributed by atoms with Crippen LogP contribution in [0.5, 0.6) is 0 Å². The van der Waals surface area contributed by atoms with E-state index in [1.54, 1.807) is 0 Å².